The fourth-order valence-corrected chi connectivity index (χ4v) is 0.621. The molecule has 3 nitrogen and oxygen atoms in total. The van der Waals surface area contributed by atoms with Gasteiger partial charge in [0.15, 0.2) is 5.78 Å². The largest absolute Gasteiger partial charge is 0.402 e. The Labute approximate surface area is 60.1 Å². The lowest BCUT2D eigenvalue weighted by molar-refractivity contribution is -0.113. The van der Waals surface area contributed by atoms with E-state index >= 15 is 0 Å². The van der Waals surface area contributed by atoms with Crippen molar-refractivity contribution in [2.75, 3.05) is 0 Å². The lowest BCUT2D eigenvalue weighted by atomic mass is 10.1. The van der Waals surface area contributed by atoms with Gasteiger partial charge < -0.3 is 5.73 Å². The summed E-state index contributed by atoms with van der Waals surface area (Å²) < 4.78 is 0. The highest BCUT2D eigenvalue weighted by atomic mass is 16.1. The van der Waals surface area contributed by atoms with Crippen molar-refractivity contribution in [2.24, 2.45) is 5.73 Å². The van der Waals surface area contributed by atoms with Crippen molar-refractivity contribution in [3.05, 3.63) is 11.3 Å². The van der Waals surface area contributed by atoms with E-state index in [1.54, 1.807) is 6.92 Å². The quantitative estimate of drug-likeness (QED) is 0.572. The zero-order valence-corrected chi connectivity index (χ0v) is 6.14. The van der Waals surface area contributed by atoms with Crippen molar-refractivity contribution in [1.29, 1.82) is 5.26 Å². The van der Waals surface area contributed by atoms with Crippen molar-refractivity contribution < 1.29 is 4.79 Å². The van der Waals surface area contributed by atoms with E-state index in [2.05, 4.69) is 0 Å². The summed E-state index contributed by atoms with van der Waals surface area (Å²) in [5.41, 5.74) is 6.19. The van der Waals surface area contributed by atoms with Gasteiger partial charge in [-0.15, -0.1) is 0 Å². The molecule has 0 aromatic carbocycles. The van der Waals surface area contributed by atoms with Crippen molar-refractivity contribution in [3.63, 3.8) is 0 Å². The number of carbonyl (C=O) groups excluding carboxylic acids is 1. The highest BCUT2D eigenvalue weighted by Crippen LogP contribution is 2.04. The molecule has 0 unspecified atom stereocenters. The molecule has 54 valence electrons. The van der Waals surface area contributed by atoms with E-state index in [-0.39, 0.29) is 12.2 Å². The van der Waals surface area contributed by atoms with Gasteiger partial charge in [-0.25, -0.2) is 0 Å². The highest BCUT2D eigenvalue weighted by molar-refractivity contribution is 5.94. The maximum absolute atomic E-state index is 10.7. The Hall–Kier alpha value is -1.30. The molecule has 0 aliphatic carbocycles. The number of ketones is 1. The van der Waals surface area contributed by atoms with E-state index in [4.69, 9.17) is 11.0 Å². The van der Waals surface area contributed by atoms with E-state index < -0.39 is 0 Å². The third-order valence-corrected chi connectivity index (χ3v) is 1.16. The first-order chi connectivity index (χ1) is 4.59. The van der Waals surface area contributed by atoms with Crippen LogP contribution in [0.25, 0.3) is 0 Å². The van der Waals surface area contributed by atoms with Gasteiger partial charge in [0.25, 0.3) is 0 Å². The lowest BCUT2D eigenvalue weighted by Gasteiger charge is -1.98. The minimum absolute atomic E-state index is 0.109. The molecule has 3 heteroatoms. The molecule has 0 fully saturated rings. The maximum Gasteiger partial charge on any atom is 0.158 e. The van der Waals surface area contributed by atoms with Gasteiger partial charge in [-0.3, -0.25) is 4.79 Å². The molecule has 0 spiro atoms. The number of Topliss-reactive ketones (excluding diaryl/α,β-unsaturated/α-hetero) is 1. The highest BCUT2D eigenvalue weighted by Gasteiger charge is 2.04. The van der Waals surface area contributed by atoms with Gasteiger partial charge >= 0.3 is 0 Å². The smallest absolute Gasteiger partial charge is 0.158 e. The molecule has 0 bridgehead atoms. The third-order valence-electron chi connectivity index (χ3n) is 1.16. The molecule has 0 aliphatic rings. The molecule has 0 rings (SSSR count). The van der Waals surface area contributed by atoms with Crippen LogP contribution in [-0.4, -0.2) is 5.78 Å². The van der Waals surface area contributed by atoms with Gasteiger partial charge in [-0.2, -0.15) is 5.26 Å². The van der Waals surface area contributed by atoms with Gasteiger partial charge in [-0.05, 0) is 13.8 Å². The molecule has 0 radical (unpaired) electrons. The number of hydrogen-bond acceptors (Lipinski definition) is 3. The zero-order valence-electron chi connectivity index (χ0n) is 6.14. The Morgan fingerprint density at radius 1 is 1.60 bits per heavy atom. The first kappa shape index (κ1) is 8.70. The van der Waals surface area contributed by atoms with Gasteiger partial charge in [-0.1, -0.05) is 0 Å². The topological polar surface area (TPSA) is 66.9 Å². The number of carbonyl (C=O) groups is 1. The van der Waals surface area contributed by atoms with Crippen molar-refractivity contribution in [2.45, 2.75) is 20.3 Å². The SMILES string of the molecule is CC(=O)/C(CC#N)=C(/C)N. The minimum atomic E-state index is -0.124. The number of nitrogens with zero attached hydrogens (tertiary/aromatic N) is 1. The van der Waals surface area contributed by atoms with Crippen LogP contribution in [0.2, 0.25) is 0 Å². The van der Waals surface area contributed by atoms with Crippen LogP contribution in [0.5, 0.6) is 0 Å². The standard InChI is InChI=1S/C7H10N2O/c1-5(9)7(3-4-8)6(2)10/h3,9H2,1-2H3/b7-5-. The monoisotopic (exact) mass is 138 g/mol. The predicted molar refractivity (Wildman–Crippen MR) is 37.8 cm³/mol. The summed E-state index contributed by atoms with van der Waals surface area (Å²) in [6, 6.07) is 1.87. The summed E-state index contributed by atoms with van der Waals surface area (Å²) in [4.78, 5) is 10.7. The first-order valence-corrected chi connectivity index (χ1v) is 2.92. The lowest BCUT2D eigenvalue weighted by Crippen LogP contribution is -2.05. The number of nitrogens with two attached hydrogens (primary N) is 1. The van der Waals surface area contributed by atoms with Crippen LogP contribution in [0, 0.1) is 11.3 Å². The first-order valence-electron chi connectivity index (χ1n) is 2.92. The van der Waals surface area contributed by atoms with Gasteiger partial charge in [0.05, 0.1) is 12.5 Å². The average molecular weight is 138 g/mol. The Morgan fingerprint density at radius 2 is 2.10 bits per heavy atom. The minimum Gasteiger partial charge on any atom is -0.402 e. The molecular formula is C7H10N2O. The molecule has 0 aliphatic heterocycles. The molecule has 0 saturated carbocycles. The van der Waals surface area contributed by atoms with E-state index in [0.29, 0.717) is 11.3 Å². The Balaban J connectivity index is 4.48. The molecule has 10 heavy (non-hydrogen) atoms. The molecule has 0 heterocycles. The molecule has 0 aromatic rings. The van der Waals surface area contributed by atoms with Crippen molar-refractivity contribution in [3.8, 4) is 6.07 Å². The molecule has 0 saturated heterocycles. The average Bonchev–Trinajstić information content (AvgIpc) is 1.81. The molecule has 2 N–H and O–H groups in total. The third kappa shape index (κ3) is 2.31. The Kier molecular flexibility index (Phi) is 3.20. The van der Waals surface area contributed by atoms with Crippen LogP contribution < -0.4 is 5.73 Å². The van der Waals surface area contributed by atoms with E-state index in [1.165, 1.54) is 6.92 Å². The number of hydrogen-bond donors (Lipinski definition) is 1. The van der Waals surface area contributed by atoms with E-state index in [9.17, 15) is 4.79 Å². The van der Waals surface area contributed by atoms with Crippen LogP contribution in [0.4, 0.5) is 0 Å². The summed E-state index contributed by atoms with van der Waals surface area (Å²) in [5, 5.41) is 8.24. The van der Waals surface area contributed by atoms with Crippen molar-refractivity contribution >= 4 is 5.78 Å². The summed E-state index contributed by atoms with van der Waals surface area (Å²) >= 11 is 0. The van der Waals surface area contributed by atoms with Gasteiger partial charge in [0.2, 0.25) is 0 Å². The number of allylic oxidation sites excluding steroid dienone is 2. The van der Waals surface area contributed by atoms with E-state index in [1.807, 2.05) is 6.07 Å². The van der Waals surface area contributed by atoms with Crippen LogP contribution in [0.3, 0.4) is 0 Å². The van der Waals surface area contributed by atoms with E-state index in [0.717, 1.165) is 0 Å². The van der Waals surface area contributed by atoms with Crippen molar-refractivity contribution in [1.82, 2.24) is 0 Å². The molecular weight excluding hydrogens is 128 g/mol. The second kappa shape index (κ2) is 3.67. The summed E-state index contributed by atoms with van der Waals surface area (Å²) in [5.74, 6) is -0.124. The van der Waals surface area contributed by atoms with Crippen LogP contribution in [0.15, 0.2) is 11.3 Å². The summed E-state index contributed by atoms with van der Waals surface area (Å²) in [6.07, 6.45) is 0.109. The summed E-state index contributed by atoms with van der Waals surface area (Å²) in [6.45, 7) is 3.02. The van der Waals surface area contributed by atoms with Crippen LogP contribution in [-0.2, 0) is 4.79 Å². The zero-order chi connectivity index (χ0) is 8.15. The fraction of sp³-hybridized carbons (Fsp3) is 0.429. The number of nitriles is 1. The normalized spacial score (nSPS) is 11.7. The molecule has 0 amide bonds. The predicted octanol–water partition coefficient (Wildman–Crippen LogP) is 0.722. The Morgan fingerprint density at radius 3 is 2.20 bits per heavy atom. The second-order valence-electron chi connectivity index (χ2n) is 2.05. The van der Waals surface area contributed by atoms with Crippen LogP contribution in [0.1, 0.15) is 20.3 Å². The maximum atomic E-state index is 10.7. The fourth-order valence-electron chi connectivity index (χ4n) is 0.621. The molecule has 0 aromatic heterocycles. The molecule has 0 atom stereocenters. The Bertz CT molecular complexity index is 206. The number of rotatable bonds is 2. The van der Waals surface area contributed by atoms with Gasteiger partial charge in [0.1, 0.15) is 0 Å². The van der Waals surface area contributed by atoms with Gasteiger partial charge in [0, 0.05) is 11.3 Å². The van der Waals surface area contributed by atoms with Crippen LogP contribution >= 0.6 is 0 Å². The second-order valence-corrected chi connectivity index (χ2v) is 2.05. The summed E-state index contributed by atoms with van der Waals surface area (Å²) in [7, 11) is 0.